The molecule has 1 aliphatic rings. The number of hydrogen-bond donors (Lipinski definition) is 1. The topological polar surface area (TPSA) is 88.3 Å². The lowest BCUT2D eigenvalue weighted by Gasteiger charge is -2.34. The fourth-order valence-electron chi connectivity index (χ4n) is 3.06. The van der Waals surface area contributed by atoms with E-state index in [0.717, 1.165) is 38.8 Å². The molecule has 2 rings (SSSR count). The zero-order valence-corrected chi connectivity index (χ0v) is 13.2. The summed E-state index contributed by atoms with van der Waals surface area (Å²) < 4.78 is 1.57. The first-order valence-electron chi connectivity index (χ1n) is 7.97. The summed E-state index contributed by atoms with van der Waals surface area (Å²) in [5.74, 6) is -0.404. The minimum absolute atomic E-state index is 0.0410. The monoisotopic (exact) mass is 308 g/mol. The number of carboxylic acids is 1. The molecule has 0 radical (unpaired) electrons. The van der Waals surface area contributed by atoms with Crippen molar-refractivity contribution in [3.05, 3.63) is 11.9 Å². The fraction of sp³-hybridized carbons (Fsp3) is 0.733. The van der Waals surface area contributed by atoms with Gasteiger partial charge in [-0.1, -0.05) is 19.1 Å². The molecule has 0 bridgehead atoms. The van der Waals surface area contributed by atoms with E-state index in [-0.39, 0.29) is 17.5 Å². The lowest BCUT2D eigenvalue weighted by Crippen LogP contribution is -2.43. The van der Waals surface area contributed by atoms with E-state index in [2.05, 4.69) is 24.2 Å². The van der Waals surface area contributed by atoms with Crippen LogP contribution in [0.1, 0.15) is 50.0 Å². The molecule has 1 atom stereocenters. The Balaban J connectivity index is 1.95. The second-order valence-electron chi connectivity index (χ2n) is 5.94. The summed E-state index contributed by atoms with van der Waals surface area (Å²) in [6.07, 6.45) is 5.21. The van der Waals surface area contributed by atoms with Crippen molar-refractivity contribution in [3.63, 3.8) is 0 Å². The number of piperidine rings is 1. The van der Waals surface area contributed by atoms with Gasteiger partial charge in [0.05, 0.1) is 6.20 Å². The van der Waals surface area contributed by atoms with E-state index < -0.39 is 5.97 Å². The Bertz CT molecular complexity index is 525. The zero-order valence-electron chi connectivity index (χ0n) is 13.2. The van der Waals surface area contributed by atoms with E-state index in [9.17, 15) is 9.59 Å². The Morgan fingerprint density at radius 1 is 1.41 bits per heavy atom. The summed E-state index contributed by atoms with van der Waals surface area (Å²) in [6.45, 7) is 6.25. The Morgan fingerprint density at radius 3 is 2.73 bits per heavy atom. The number of hydrogen-bond acceptors (Lipinski definition) is 4. The number of nitrogens with zero attached hydrogens (tertiary/aromatic N) is 4. The van der Waals surface area contributed by atoms with Gasteiger partial charge in [0.25, 0.3) is 0 Å². The Labute approximate surface area is 130 Å². The predicted molar refractivity (Wildman–Crippen MR) is 80.4 cm³/mol. The average Bonchev–Trinajstić information content (AvgIpc) is 2.97. The molecule has 2 heterocycles. The highest BCUT2D eigenvalue weighted by Crippen LogP contribution is 2.21. The van der Waals surface area contributed by atoms with E-state index in [0.29, 0.717) is 12.5 Å². The largest absolute Gasteiger partial charge is 0.476 e. The maximum atomic E-state index is 12.5. The van der Waals surface area contributed by atoms with Crippen LogP contribution in [0.25, 0.3) is 0 Å². The van der Waals surface area contributed by atoms with Crippen LogP contribution in [0.4, 0.5) is 0 Å². The summed E-state index contributed by atoms with van der Waals surface area (Å²) in [6, 6.07) is 0. The van der Waals surface area contributed by atoms with Gasteiger partial charge in [0.15, 0.2) is 5.69 Å². The van der Waals surface area contributed by atoms with Crippen molar-refractivity contribution >= 4 is 11.9 Å². The molecule has 0 aliphatic carbocycles. The summed E-state index contributed by atoms with van der Waals surface area (Å²) >= 11 is 0. The lowest BCUT2D eigenvalue weighted by molar-refractivity contribution is -0.137. The lowest BCUT2D eigenvalue weighted by atomic mass is 9.95. The first kappa shape index (κ1) is 16.5. The highest BCUT2D eigenvalue weighted by atomic mass is 16.4. The van der Waals surface area contributed by atoms with Gasteiger partial charge < -0.3 is 10.0 Å². The SMILES string of the molecule is CCC(CC)C(=O)N1CCCC(Cn2cc(C(=O)O)nn2)C1. The molecule has 22 heavy (non-hydrogen) atoms. The predicted octanol–water partition coefficient (Wildman–Crippen LogP) is 1.65. The molecule has 1 aliphatic heterocycles. The van der Waals surface area contributed by atoms with Gasteiger partial charge in [0.1, 0.15) is 0 Å². The van der Waals surface area contributed by atoms with Crippen LogP contribution in [0.5, 0.6) is 0 Å². The van der Waals surface area contributed by atoms with E-state index in [1.807, 2.05) is 4.90 Å². The van der Waals surface area contributed by atoms with E-state index in [1.165, 1.54) is 6.20 Å². The minimum atomic E-state index is -1.07. The number of carbonyl (C=O) groups excluding carboxylic acids is 1. The molecule has 122 valence electrons. The Morgan fingerprint density at radius 2 is 2.14 bits per heavy atom. The van der Waals surface area contributed by atoms with Crippen molar-refractivity contribution in [1.29, 1.82) is 0 Å². The molecule has 1 unspecified atom stereocenters. The maximum Gasteiger partial charge on any atom is 0.358 e. The molecular weight excluding hydrogens is 284 g/mol. The fourth-order valence-corrected chi connectivity index (χ4v) is 3.06. The smallest absolute Gasteiger partial charge is 0.358 e. The second kappa shape index (κ2) is 7.38. The van der Waals surface area contributed by atoms with Crippen LogP contribution in [-0.2, 0) is 11.3 Å². The molecule has 7 nitrogen and oxygen atoms in total. The van der Waals surface area contributed by atoms with Gasteiger partial charge in [0, 0.05) is 25.6 Å². The third-order valence-corrected chi connectivity index (χ3v) is 4.37. The van der Waals surface area contributed by atoms with Gasteiger partial charge in [-0.3, -0.25) is 9.48 Å². The van der Waals surface area contributed by atoms with Gasteiger partial charge in [-0.25, -0.2) is 4.79 Å². The zero-order chi connectivity index (χ0) is 16.1. The number of amides is 1. The number of likely N-dealkylation sites (tertiary alicyclic amines) is 1. The third-order valence-electron chi connectivity index (χ3n) is 4.37. The quantitative estimate of drug-likeness (QED) is 0.863. The van der Waals surface area contributed by atoms with E-state index in [4.69, 9.17) is 5.11 Å². The maximum absolute atomic E-state index is 12.5. The standard InChI is InChI=1S/C15H24N4O3/c1-3-12(4-2)14(20)18-7-5-6-11(8-18)9-19-10-13(15(21)22)16-17-19/h10-12H,3-9H2,1-2H3,(H,21,22). The summed E-state index contributed by atoms with van der Waals surface area (Å²) in [4.78, 5) is 25.2. The first-order chi connectivity index (χ1) is 10.5. The molecule has 1 saturated heterocycles. The van der Waals surface area contributed by atoms with Crippen LogP contribution in [0.3, 0.4) is 0 Å². The highest BCUT2D eigenvalue weighted by Gasteiger charge is 2.27. The van der Waals surface area contributed by atoms with Crippen molar-refractivity contribution in [3.8, 4) is 0 Å². The molecule has 1 fully saturated rings. The van der Waals surface area contributed by atoms with E-state index >= 15 is 0 Å². The van der Waals surface area contributed by atoms with Crippen molar-refractivity contribution in [2.75, 3.05) is 13.1 Å². The van der Waals surface area contributed by atoms with Crippen LogP contribution >= 0.6 is 0 Å². The van der Waals surface area contributed by atoms with Gasteiger partial charge in [0.2, 0.25) is 5.91 Å². The molecule has 7 heteroatoms. The Hall–Kier alpha value is -1.92. The molecular formula is C15H24N4O3. The average molecular weight is 308 g/mol. The van der Waals surface area contributed by atoms with Crippen LogP contribution in [0.15, 0.2) is 6.20 Å². The molecule has 1 amide bonds. The molecule has 1 aromatic heterocycles. The van der Waals surface area contributed by atoms with Gasteiger partial charge in [-0.05, 0) is 31.6 Å². The number of aromatic nitrogens is 3. The molecule has 0 aromatic carbocycles. The summed E-state index contributed by atoms with van der Waals surface area (Å²) in [5, 5.41) is 16.3. The van der Waals surface area contributed by atoms with Gasteiger partial charge in [-0.15, -0.1) is 5.10 Å². The number of rotatable bonds is 6. The summed E-state index contributed by atoms with van der Waals surface area (Å²) in [5.41, 5.74) is -0.0410. The van der Waals surface area contributed by atoms with Gasteiger partial charge >= 0.3 is 5.97 Å². The van der Waals surface area contributed by atoms with Crippen LogP contribution < -0.4 is 0 Å². The number of carbonyl (C=O) groups is 2. The van der Waals surface area contributed by atoms with Crippen LogP contribution in [0, 0.1) is 11.8 Å². The first-order valence-corrected chi connectivity index (χ1v) is 7.97. The Kier molecular flexibility index (Phi) is 5.51. The van der Waals surface area contributed by atoms with Crippen molar-refractivity contribution in [1.82, 2.24) is 19.9 Å². The number of carboxylic acid groups (broad SMARTS) is 1. The van der Waals surface area contributed by atoms with Crippen molar-refractivity contribution in [2.24, 2.45) is 11.8 Å². The molecule has 0 saturated carbocycles. The summed E-state index contributed by atoms with van der Waals surface area (Å²) in [7, 11) is 0. The minimum Gasteiger partial charge on any atom is -0.476 e. The molecule has 1 aromatic rings. The van der Waals surface area contributed by atoms with Gasteiger partial charge in [-0.2, -0.15) is 0 Å². The van der Waals surface area contributed by atoms with Crippen LogP contribution in [0.2, 0.25) is 0 Å². The van der Waals surface area contributed by atoms with E-state index in [1.54, 1.807) is 4.68 Å². The molecule has 1 N–H and O–H groups in total. The normalized spacial score (nSPS) is 18.7. The van der Waals surface area contributed by atoms with Crippen LogP contribution in [-0.4, -0.2) is 50.0 Å². The molecule has 0 spiro atoms. The van der Waals surface area contributed by atoms with Crippen molar-refractivity contribution in [2.45, 2.75) is 46.1 Å². The third kappa shape index (κ3) is 3.84. The van der Waals surface area contributed by atoms with Crippen molar-refractivity contribution < 1.29 is 14.7 Å². The number of aromatic carboxylic acids is 1. The second-order valence-corrected chi connectivity index (χ2v) is 5.94. The highest BCUT2D eigenvalue weighted by molar-refractivity contribution is 5.84.